The average molecular weight is 551 g/mol. The molecule has 38 heavy (non-hydrogen) atoms. The molecule has 0 amide bonds. The van der Waals surface area contributed by atoms with Crippen LogP contribution in [0.4, 0.5) is 11.6 Å². The number of pyridine rings is 1. The highest BCUT2D eigenvalue weighted by Crippen LogP contribution is 2.34. The van der Waals surface area contributed by atoms with Gasteiger partial charge in [-0.3, -0.25) is 4.72 Å². The summed E-state index contributed by atoms with van der Waals surface area (Å²) in [7, 11) is -3.90. The molecule has 2 aromatic carbocycles. The summed E-state index contributed by atoms with van der Waals surface area (Å²) in [5.74, 6) is 1.33. The van der Waals surface area contributed by atoms with Gasteiger partial charge < -0.3 is 15.4 Å². The fourth-order valence-corrected chi connectivity index (χ4v) is 5.72. The number of nitrogens with one attached hydrogen (secondary N) is 3. The summed E-state index contributed by atoms with van der Waals surface area (Å²) in [6.07, 6.45) is 5.49. The van der Waals surface area contributed by atoms with Crippen LogP contribution in [-0.2, 0) is 10.0 Å². The van der Waals surface area contributed by atoms with Gasteiger partial charge in [0.2, 0.25) is 11.8 Å². The third kappa shape index (κ3) is 6.04. The van der Waals surface area contributed by atoms with E-state index in [9.17, 15) is 8.42 Å². The van der Waals surface area contributed by atoms with Crippen LogP contribution in [0.3, 0.4) is 0 Å². The second kappa shape index (κ2) is 11.3. The van der Waals surface area contributed by atoms with Gasteiger partial charge in [-0.05, 0) is 68.3 Å². The number of rotatable bonds is 8. The van der Waals surface area contributed by atoms with Crippen molar-refractivity contribution < 1.29 is 13.2 Å². The first-order chi connectivity index (χ1) is 18.4. The number of nitrogens with zero attached hydrogens (tertiary/aromatic N) is 3. The Hall–Kier alpha value is -3.73. The lowest BCUT2D eigenvalue weighted by Crippen LogP contribution is -2.38. The van der Waals surface area contributed by atoms with Crippen molar-refractivity contribution >= 4 is 33.3 Å². The molecule has 3 N–H and O–H groups in total. The van der Waals surface area contributed by atoms with Crippen molar-refractivity contribution in [2.45, 2.75) is 30.7 Å². The van der Waals surface area contributed by atoms with Crippen molar-refractivity contribution in [3.8, 4) is 22.9 Å². The largest absolute Gasteiger partial charge is 0.438 e. The number of aromatic nitrogens is 3. The summed E-state index contributed by atoms with van der Waals surface area (Å²) < 4.78 is 34.6. The lowest BCUT2D eigenvalue weighted by atomic mass is 10.1. The molecule has 1 aliphatic heterocycles. The maximum Gasteiger partial charge on any atom is 0.263 e. The minimum Gasteiger partial charge on any atom is -0.438 e. The van der Waals surface area contributed by atoms with E-state index in [0.717, 1.165) is 31.5 Å². The second-order valence-corrected chi connectivity index (χ2v) is 11.0. The maximum atomic E-state index is 12.9. The van der Waals surface area contributed by atoms with E-state index in [-0.39, 0.29) is 16.0 Å². The van der Waals surface area contributed by atoms with Gasteiger partial charge in [0.15, 0.2) is 0 Å². The van der Waals surface area contributed by atoms with Crippen LogP contribution in [-0.4, -0.2) is 42.5 Å². The van der Waals surface area contributed by atoms with Crippen LogP contribution in [0.5, 0.6) is 11.6 Å². The number of sulfonamides is 1. The predicted octanol–water partition coefficient (Wildman–Crippen LogP) is 5.26. The molecule has 0 bridgehead atoms. The van der Waals surface area contributed by atoms with E-state index in [4.69, 9.17) is 21.3 Å². The van der Waals surface area contributed by atoms with E-state index >= 15 is 0 Å². The zero-order chi connectivity index (χ0) is 26.5. The molecule has 1 fully saturated rings. The molecule has 11 heteroatoms. The predicted molar refractivity (Wildman–Crippen MR) is 148 cm³/mol. The Morgan fingerprint density at radius 2 is 1.92 bits per heavy atom. The van der Waals surface area contributed by atoms with E-state index in [0.29, 0.717) is 34.5 Å². The van der Waals surface area contributed by atoms with Crippen LogP contribution in [0, 0.1) is 6.92 Å². The van der Waals surface area contributed by atoms with Crippen molar-refractivity contribution in [2.24, 2.45) is 0 Å². The second-order valence-electron chi connectivity index (χ2n) is 8.93. The quantitative estimate of drug-likeness (QED) is 0.272. The van der Waals surface area contributed by atoms with Crippen molar-refractivity contribution in [2.75, 3.05) is 23.1 Å². The molecular formula is C27H27ClN6O3S. The van der Waals surface area contributed by atoms with Crippen LogP contribution in [0.25, 0.3) is 11.3 Å². The highest BCUT2D eigenvalue weighted by Gasteiger charge is 2.19. The number of piperidine rings is 1. The van der Waals surface area contributed by atoms with Crippen LogP contribution >= 0.6 is 11.6 Å². The first-order valence-electron chi connectivity index (χ1n) is 12.2. The molecule has 0 saturated carbocycles. The van der Waals surface area contributed by atoms with E-state index in [1.165, 1.54) is 12.1 Å². The molecule has 9 nitrogen and oxygen atoms in total. The zero-order valence-electron chi connectivity index (χ0n) is 20.7. The smallest absolute Gasteiger partial charge is 0.263 e. The van der Waals surface area contributed by atoms with Crippen LogP contribution in [0.2, 0.25) is 5.02 Å². The van der Waals surface area contributed by atoms with Gasteiger partial charge in [-0.15, -0.1) is 0 Å². The molecule has 3 heterocycles. The molecule has 2 aromatic heterocycles. The molecule has 0 spiro atoms. The summed E-state index contributed by atoms with van der Waals surface area (Å²) >= 11 is 6.11. The zero-order valence-corrected chi connectivity index (χ0v) is 22.3. The first kappa shape index (κ1) is 25.9. The number of halogens is 1. The number of benzene rings is 2. The topological polar surface area (TPSA) is 118 Å². The van der Waals surface area contributed by atoms with Crippen LogP contribution < -0.4 is 20.1 Å². The Bertz CT molecular complexity index is 1540. The van der Waals surface area contributed by atoms with E-state index in [1.807, 2.05) is 19.1 Å². The number of aryl methyl sites for hydroxylation is 1. The molecular weight excluding hydrogens is 524 g/mol. The van der Waals surface area contributed by atoms with Crippen molar-refractivity contribution in [3.63, 3.8) is 0 Å². The van der Waals surface area contributed by atoms with Gasteiger partial charge in [-0.1, -0.05) is 29.8 Å². The number of hydrogen-bond acceptors (Lipinski definition) is 8. The summed E-state index contributed by atoms with van der Waals surface area (Å²) in [4.78, 5) is 13.5. The molecule has 5 rings (SSSR count). The molecule has 1 aliphatic rings. The summed E-state index contributed by atoms with van der Waals surface area (Å²) in [6, 6.07) is 17.1. The minimum absolute atomic E-state index is 0.00564. The van der Waals surface area contributed by atoms with Gasteiger partial charge >= 0.3 is 0 Å². The minimum atomic E-state index is -3.90. The fraction of sp³-hybridized carbons (Fsp3) is 0.222. The van der Waals surface area contributed by atoms with Crippen LogP contribution in [0.1, 0.15) is 18.4 Å². The number of hydrogen-bond donors (Lipinski definition) is 3. The molecule has 1 saturated heterocycles. The number of anilines is 2. The Labute approximate surface area is 226 Å². The standard InChI is InChI=1S/C27H27ClN6O3S/c1-18-10-11-19(34-38(35,36)25-9-3-2-8-22(25)28)16-24(18)37-26-21(7-5-14-30-26)23-12-15-31-27(33-23)32-20-6-4-13-29-17-20/h2-3,5,7-12,14-16,20,29,34H,4,6,13,17H2,1H3,(H,31,32,33). The lowest BCUT2D eigenvalue weighted by molar-refractivity contribution is 0.461. The van der Waals surface area contributed by atoms with Gasteiger partial charge in [0.1, 0.15) is 10.6 Å². The molecule has 0 aliphatic carbocycles. The van der Waals surface area contributed by atoms with Gasteiger partial charge in [0.25, 0.3) is 10.0 Å². The Morgan fingerprint density at radius 3 is 2.74 bits per heavy atom. The average Bonchev–Trinajstić information content (AvgIpc) is 2.92. The molecule has 4 aromatic rings. The Balaban J connectivity index is 1.40. The van der Waals surface area contributed by atoms with Crippen molar-refractivity contribution in [1.29, 1.82) is 0 Å². The third-order valence-corrected chi connectivity index (χ3v) is 7.99. The van der Waals surface area contributed by atoms with Gasteiger partial charge in [0, 0.05) is 31.0 Å². The number of ether oxygens (including phenoxy) is 1. The normalized spacial score (nSPS) is 15.6. The van der Waals surface area contributed by atoms with Gasteiger partial charge in [-0.25, -0.2) is 23.4 Å². The van der Waals surface area contributed by atoms with E-state index < -0.39 is 10.0 Å². The molecule has 0 radical (unpaired) electrons. The first-order valence-corrected chi connectivity index (χ1v) is 14.1. The van der Waals surface area contributed by atoms with E-state index in [2.05, 4.69) is 25.3 Å². The van der Waals surface area contributed by atoms with Gasteiger partial charge in [-0.2, -0.15) is 0 Å². The highest BCUT2D eigenvalue weighted by atomic mass is 35.5. The van der Waals surface area contributed by atoms with Crippen LogP contribution in [0.15, 0.2) is 78.0 Å². The fourth-order valence-electron chi connectivity index (χ4n) is 4.15. The van der Waals surface area contributed by atoms with Gasteiger partial charge in [0.05, 0.1) is 22.0 Å². The van der Waals surface area contributed by atoms with E-state index in [1.54, 1.807) is 48.8 Å². The summed E-state index contributed by atoms with van der Waals surface area (Å²) in [5.41, 5.74) is 2.47. The Kier molecular flexibility index (Phi) is 7.73. The highest BCUT2D eigenvalue weighted by molar-refractivity contribution is 7.92. The van der Waals surface area contributed by atoms with Crippen molar-refractivity contribution in [3.05, 3.63) is 83.6 Å². The molecule has 196 valence electrons. The monoisotopic (exact) mass is 550 g/mol. The SMILES string of the molecule is Cc1ccc(NS(=O)(=O)c2ccccc2Cl)cc1Oc1ncccc1-c1ccnc(NC2CCCNC2)n1. The summed E-state index contributed by atoms with van der Waals surface area (Å²) in [5, 5.41) is 6.91. The molecule has 1 atom stereocenters. The maximum absolute atomic E-state index is 12.9. The summed E-state index contributed by atoms with van der Waals surface area (Å²) in [6.45, 7) is 3.76. The molecule has 1 unspecified atom stereocenters. The van der Waals surface area contributed by atoms with Crippen molar-refractivity contribution in [1.82, 2.24) is 20.3 Å². The Morgan fingerprint density at radius 1 is 1.05 bits per heavy atom. The lowest BCUT2D eigenvalue weighted by Gasteiger charge is -2.23. The third-order valence-electron chi connectivity index (χ3n) is 6.11.